The topological polar surface area (TPSA) is 123 Å². The van der Waals surface area contributed by atoms with Gasteiger partial charge in [0.15, 0.2) is 5.96 Å². The number of carbonyl (C=O) groups is 1. The standard InChI is InChI=1S/C14H20N6O/c1-4-20-10-6-5-8(18-13(17)19-12(15)16)7-9(10)14(2,3)11(20)21/h5-7H,4H2,1-3H3,(H6,15,16,17,18,19). The minimum atomic E-state index is -0.582. The average molecular weight is 288 g/mol. The fourth-order valence-electron chi connectivity index (χ4n) is 2.50. The molecule has 6 N–H and O–H groups in total. The maximum atomic E-state index is 12.4. The summed E-state index contributed by atoms with van der Waals surface area (Å²) < 4.78 is 0. The Labute approximate surface area is 123 Å². The molecule has 1 aliphatic heterocycles. The predicted molar refractivity (Wildman–Crippen MR) is 84.6 cm³/mol. The van der Waals surface area contributed by atoms with Crippen molar-refractivity contribution in [3.63, 3.8) is 0 Å². The van der Waals surface area contributed by atoms with Crippen LogP contribution in [-0.4, -0.2) is 24.4 Å². The highest BCUT2D eigenvalue weighted by atomic mass is 16.2. The van der Waals surface area contributed by atoms with Crippen LogP contribution in [0.25, 0.3) is 0 Å². The molecular weight excluding hydrogens is 268 g/mol. The van der Waals surface area contributed by atoms with Crippen LogP contribution in [0.1, 0.15) is 26.3 Å². The Morgan fingerprint density at radius 3 is 2.52 bits per heavy atom. The molecule has 0 saturated carbocycles. The number of rotatable bonds is 2. The summed E-state index contributed by atoms with van der Waals surface area (Å²) in [6, 6.07) is 5.50. The van der Waals surface area contributed by atoms with Crippen molar-refractivity contribution in [1.29, 1.82) is 0 Å². The van der Waals surface area contributed by atoms with Gasteiger partial charge in [0.2, 0.25) is 11.9 Å². The lowest BCUT2D eigenvalue weighted by atomic mass is 9.86. The lowest BCUT2D eigenvalue weighted by Gasteiger charge is -2.18. The fraction of sp³-hybridized carbons (Fsp3) is 0.357. The van der Waals surface area contributed by atoms with Crippen molar-refractivity contribution in [2.75, 3.05) is 11.4 Å². The molecule has 0 atom stereocenters. The van der Waals surface area contributed by atoms with Crippen LogP contribution in [-0.2, 0) is 10.2 Å². The maximum Gasteiger partial charge on any atom is 0.237 e. The van der Waals surface area contributed by atoms with Gasteiger partial charge in [-0.1, -0.05) is 0 Å². The van der Waals surface area contributed by atoms with E-state index in [4.69, 9.17) is 17.2 Å². The number of amides is 1. The smallest absolute Gasteiger partial charge is 0.237 e. The highest BCUT2D eigenvalue weighted by Crippen LogP contribution is 2.42. The molecular formula is C14H20N6O. The van der Waals surface area contributed by atoms with Crippen LogP contribution in [0, 0.1) is 0 Å². The lowest BCUT2D eigenvalue weighted by Crippen LogP contribution is -2.35. The molecule has 1 heterocycles. The summed E-state index contributed by atoms with van der Waals surface area (Å²) >= 11 is 0. The van der Waals surface area contributed by atoms with E-state index in [1.54, 1.807) is 11.0 Å². The largest absolute Gasteiger partial charge is 0.370 e. The number of nitrogens with zero attached hydrogens (tertiary/aromatic N) is 3. The minimum absolute atomic E-state index is 0.0237. The van der Waals surface area contributed by atoms with Crippen molar-refractivity contribution in [2.24, 2.45) is 27.2 Å². The molecule has 1 aromatic carbocycles. The number of aliphatic imine (C=N–C) groups is 2. The second kappa shape index (κ2) is 5.08. The van der Waals surface area contributed by atoms with Crippen LogP contribution in [0.15, 0.2) is 28.2 Å². The first-order chi connectivity index (χ1) is 9.77. The van der Waals surface area contributed by atoms with E-state index in [1.807, 2.05) is 32.9 Å². The zero-order valence-corrected chi connectivity index (χ0v) is 12.4. The van der Waals surface area contributed by atoms with Gasteiger partial charge in [0.05, 0.1) is 11.1 Å². The molecule has 0 saturated heterocycles. The third-order valence-corrected chi connectivity index (χ3v) is 3.53. The molecule has 7 nitrogen and oxygen atoms in total. The fourth-order valence-corrected chi connectivity index (χ4v) is 2.50. The van der Waals surface area contributed by atoms with Crippen LogP contribution < -0.4 is 22.1 Å². The number of carbonyl (C=O) groups excluding carboxylic acids is 1. The number of hydrogen-bond acceptors (Lipinski definition) is 2. The maximum absolute atomic E-state index is 12.4. The van der Waals surface area contributed by atoms with Crippen LogP contribution >= 0.6 is 0 Å². The van der Waals surface area contributed by atoms with E-state index in [-0.39, 0.29) is 17.8 Å². The molecule has 1 aliphatic rings. The van der Waals surface area contributed by atoms with Crippen molar-refractivity contribution in [2.45, 2.75) is 26.2 Å². The summed E-state index contributed by atoms with van der Waals surface area (Å²) in [5.74, 6) is -0.0900. The normalized spacial score (nSPS) is 16.8. The summed E-state index contributed by atoms with van der Waals surface area (Å²) in [5, 5.41) is 0. The SMILES string of the molecule is CCN1C(=O)C(C)(C)c2cc(N=C(N)N=C(N)N)ccc21. The van der Waals surface area contributed by atoms with Crippen molar-refractivity contribution in [1.82, 2.24) is 0 Å². The van der Waals surface area contributed by atoms with Crippen molar-refractivity contribution in [3.05, 3.63) is 23.8 Å². The molecule has 0 aromatic heterocycles. The zero-order valence-electron chi connectivity index (χ0n) is 12.4. The van der Waals surface area contributed by atoms with E-state index in [2.05, 4.69) is 9.98 Å². The van der Waals surface area contributed by atoms with Gasteiger partial charge in [-0.2, -0.15) is 4.99 Å². The van der Waals surface area contributed by atoms with Crippen molar-refractivity contribution < 1.29 is 4.79 Å². The number of anilines is 1. The molecule has 1 aromatic rings. The summed E-state index contributed by atoms with van der Waals surface area (Å²) in [4.78, 5) is 22.0. The molecule has 1 amide bonds. The van der Waals surface area contributed by atoms with Gasteiger partial charge in [0.1, 0.15) is 0 Å². The second-order valence-corrected chi connectivity index (χ2v) is 5.38. The van der Waals surface area contributed by atoms with E-state index in [0.717, 1.165) is 11.3 Å². The Bertz CT molecular complexity index is 643. The van der Waals surface area contributed by atoms with Crippen molar-refractivity contribution >= 4 is 29.2 Å². The third kappa shape index (κ3) is 2.54. The van der Waals surface area contributed by atoms with Gasteiger partial charge in [-0.3, -0.25) is 4.79 Å². The van der Waals surface area contributed by atoms with Gasteiger partial charge in [-0.25, -0.2) is 4.99 Å². The molecule has 112 valence electrons. The Morgan fingerprint density at radius 2 is 1.95 bits per heavy atom. The first-order valence-corrected chi connectivity index (χ1v) is 6.67. The Hall–Kier alpha value is -2.57. The Morgan fingerprint density at radius 1 is 1.29 bits per heavy atom. The van der Waals surface area contributed by atoms with E-state index in [1.165, 1.54) is 0 Å². The van der Waals surface area contributed by atoms with E-state index in [0.29, 0.717) is 12.2 Å². The number of fused-ring (bicyclic) bond motifs is 1. The van der Waals surface area contributed by atoms with Gasteiger partial charge in [0.25, 0.3) is 0 Å². The number of likely N-dealkylation sites (N-methyl/N-ethyl adjacent to an activating group) is 1. The van der Waals surface area contributed by atoms with Gasteiger partial charge in [-0.05, 0) is 44.5 Å². The quantitative estimate of drug-likeness (QED) is 0.543. The molecule has 21 heavy (non-hydrogen) atoms. The van der Waals surface area contributed by atoms with E-state index < -0.39 is 5.41 Å². The average Bonchev–Trinajstić information content (AvgIpc) is 2.57. The van der Waals surface area contributed by atoms with Crippen LogP contribution in [0.2, 0.25) is 0 Å². The Balaban J connectivity index is 2.48. The molecule has 0 radical (unpaired) electrons. The molecule has 0 unspecified atom stereocenters. The van der Waals surface area contributed by atoms with Gasteiger partial charge in [0, 0.05) is 12.2 Å². The van der Waals surface area contributed by atoms with Gasteiger partial charge >= 0.3 is 0 Å². The Kier molecular flexibility index (Phi) is 3.59. The summed E-state index contributed by atoms with van der Waals surface area (Å²) in [7, 11) is 0. The third-order valence-electron chi connectivity index (χ3n) is 3.53. The van der Waals surface area contributed by atoms with E-state index >= 15 is 0 Å². The summed E-state index contributed by atoms with van der Waals surface area (Å²) in [6.45, 7) is 6.38. The minimum Gasteiger partial charge on any atom is -0.370 e. The second-order valence-electron chi connectivity index (χ2n) is 5.38. The zero-order chi connectivity index (χ0) is 15.8. The predicted octanol–water partition coefficient (Wildman–Crippen LogP) is 0.550. The molecule has 0 fully saturated rings. The molecule has 0 spiro atoms. The van der Waals surface area contributed by atoms with Crippen LogP contribution in [0.5, 0.6) is 0 Å². The monoisotopic (exact) mass is 288 g/mol. The molecule has 7 heteroatoms. The molecule has 2 rings (SSSR count). The lowest BCUT2D eigenvalue weighted by molar-refractivity contribution is -0.122. The van der Waals surface area contributed by atoms with Crippen LogP contribution in [0.3, 0.4) is 0 Å². The molecule has 0 bridgehead atoms. The summed E-state index contributed by atoms with van der Waals surface area (Å²) in [6.07, 6.45) is 0. The molecule has 0 aliphatic carbocycles. The highest BCUT2D eigenvalue weighted by molar-refractivity contribution is 6.08. The number of guanidine groups is 2. The number of benzene rings is 1. The van der Waals surface area contributed by atoms with Crippen molar-refractivity contribution in [3.8, 4) is 0 Å². The number of nitrogens with two attached hydrogens (primary N) is 3. The number of hydrogen-bond donors (Lipinski definition) is 3. The first kappa shape index (κ1) is 14.8. The summed E-state index contributed by atoms with van der Waals surface area (Å²) in [5.41, 5.74) is 18.0. The van der Waals surface area contributed by atoms with Gasteiger partial charge in [-0.15, -0.1) is 0 Å². The highest BCUT2D eigenvalue weighted by Gasteiger charge is 2.43. The van der Waals surface area contributed by atoms with Crippen LogP contribution in [0.4, 0.5) is 11.4 Å². The van der Waals surface area contributed by atoms with Gasteiger partial charge < -0.3 is 22.1 Å². The van der Waals surface area contributed by atoms with E-state index in [9.17, 15) is 4.79 Å². The first-order valence-electron chi connectivity index (χ1n) is 6.67.